The third kappa shape index (κ3) is 11.8. The zero-order valence-corrected chi connectivity index (χ0v) is 15.7. The molecule has 1 unspecified atom stereocenters. The predicted octanol–water partition coefficient (Wildman–Crippen LogP) is 4.42. The molecule has 100 valence electrons. The standard InChI is InChI=1S/C5H10O.2C5H5.CH3.Al.Zr/c1-3-4-5(2)6;2*1-2-4-5-3-1;;;/h5H,1,3-4H2,2H3;2*1-3H,4H2;1H3;;/q3*-1;;+1;+2. The second-order valence-electron chi connectivity index (χ2n) is 4.69. The van der Waals surface area contributed by atoms with Crippen LogP contribution in [0, 0.1) is 12.2 Å². The van der Waals surface area contributed by atoms with Gasteiger partial charge in [-0.1, -0.05) is 17.5 Å². The Bertz CT molecular complexity index is 271. The summed E-state index contributed by atoms with van der Waals surface area (Å²) in [6, 6.07) is 0. The van der Waals surface area contributed by atoms with Crippen LogP contribution in [0.5, 0.6) is 0 Å². The Morgan fingerprint density at radius 1 is 1.11 bits per heavy atom. The first-order valence-corrected chi connectivity index (χ1v) is 9.32. The maximum absolute atomic E-state index is 5.62. The number of allylic oxidation sites excluding steroid dienone is 8. The van der Waals surface area contributed by atoms with Gasteiger partial charge in [-0.3, -0.25) is 12.2 Å². The van der Waals surface area contributed by atoms with Gasteiger partial charge in [0, 0.05) is 6.10 Å². The SMILES string of the molecule is CC1CC[CH2][Al]([CH3])[O]1.[C-]1=CC=CC1.[C-]1=CC=CC1.[Zr+2]. The van der Waals surface area contributed by atoms with E-state index in [4.69, 9.17) is 3.79 Å². The van der Waals surface area contributed by atoms with Crippen LogP contribution in [0.2, 0.25) is 11.1 Å². The van der Waals surface area contributed by atoms with E-state index in [1.54, 1.807) is 0 Å². The largest absolute Gasteiger partial charge is 2.00 e. The average Bonchev–Trinajstić information content (AvgIpc) is 3.09. The third-order valence-electron chi connectivity index (χ3n) is 2.86. The molecular weight excluding hydrogens is 326 g/mol. The van der Waals surface area contributed by atoms with Crippen LogP contribution in [0.4, 0.5) is 0 Å². The van der Waals surface area contributed by atoms with E-state index >= 15 is 0 Å². The Labute approximate surface area is 142 Å². The van der Waals surface area contributed by atoms with Gasteiger partial charge in [-0.2, -0.15) is 12.2 Å². The van der Waals surface area contributed by atoms with Gasteiger partial charge in [-0.15, -0.1) is 12.8 Å². The molecule has 0 amide bonds. The molecule has 1 aliphatic heterocycles. The van der Waals surface area contributed by atoms with Crippen molar-refractivity contribution >= 4 is 14.5 Å². The molecule has 0 saturated carbocycles. The monoisotopic (exact) mass is 348 g/mol. The van der Waals surface area contributed by atoms with Gasteiger partial charge < -0.3 is 3.79 Å². The Balaban J connectivity index is 0.000000259. The van der Waals surface area contributed by atoms with Crippen LogP contribution in [0.25, 0.3) is 0 Å². The first-order chi connectivity index (χ1) is 8.79. The van der Waals surface area contributed by atoms with Crippen LogP contribution in [-0.4, -0.2) is 20.6 Å². The summed E-state index contributed by atoms with van der Waals surface area (Å²) in [7, 11) is 0. The van der Waals surface area contributed by atoms with Gasteiger partial charge in [0.2, 0.25) is 0 Å². The van der Waals surface area contributed by atoms with Crippen molar-refractivity contribution in [2.24, 2.45) is 0 Å². The van der Waals surface area contributed by atoms with E-state index in [0.717, 1.165) is 12.8 Å². The van der Waals surface area contributed by atoms with Crippen molar-refractivity contribution in [1.82, 2.24) is 0 Å². The zero-order chi connectivity index (χ0) is 13.1. The van der Waals surface area contributed by atoms with E-state index in [2.05, 4.69) is 37.0 Å². The van der Waals surface area contributed by atoms with Crippen molar-refractivity contribution in [3.8, 4) is 0 Å². The van der Waals surface area contributed by atoms with Crippen molar-refractivity contribution in [2.75, 3.05) is 0 Å². The number of hydrogen-bond donors (Lipinski definition) is 0. The van der Waals surface area contributed by atoms with Gasteiger partial charge in [-0.05, 0) is 13.3 Å². The minimum absolute atomic E-state index is 0. The fraction of sp³-hybridized carbons (Fsp3) is 0.500. The molecule has 1 heterocycles. The fourth-order valence-electron chi connectivity index (χ4n) is 1.91. The molecule has 3 heteroatoms. The molecule has 1 fully saturated rings. The van der Waals surface area contributed by atoms with Gasteiger partial charge >= 0.3 is 40.7 Å². The summed E-state index contributed by atoms with van der Waals surface area (Å²) in [6.07, 6.45) is 23.3. The second-order valence-corrected chi connectivity index (χ2v) is 7.17. The smallest absolute Gasteiger partial charge is 0.499 e. The Morgan fingerprint density at radius 2 is 1.68 bits per heavy atom. The molecule has 0 bridgehead atoms. The quantitative estimate of drug-likeness (QED) is 0.465. The second kappa shape index (κ2) is 13.3. The fourth-order valence-corrected chi connectivity index (χ4v) is 3.78. The van der Waals surface area contributed by atoms with Crippen LogP contribution in [0.3, 0.4) is 0 Å². The van der Waals surface area contributed by atoms with Gasteiger partial charge in [0.05, 0.1) is 0 Å². The third-order valence-corrected chi connectivity index (χ3v) is 5.01. The predicted molar refractivity (Wildman–Crippen MR) is 79.3 cm³/mol. The van der Waals surface area contributed by atoms with E-state index in [0.29, 0.717) is 6.10 Å². The average molecular weight is 350 g/mol. The van der Waals surface area contributed by atoms with Crippen molar-refractivity contribution in [2.45, 2.75) is 49.8 Å². The first kappa shape index (κ1) is 19.3. The Morgan fingerprint density at radius 3 is 1.89 bits per heavy atom. The molecule has 3 rings (SSSR count). The van der Waals surface area contributed by atoms with Crippen molar-refractivity contribution in [1.29, 1.82) is 0 Å². The molecule has 0 N–H and O–H groups in total. The van der Waals surface area contributed by atoms with Gasteiger partial charge in [0.25, 0.3) is 0 Å². The van der Waals surface area contributed by atoms with Crippen molar-refractivity contribution < 1.29 is 30.0 Å². The molecule has 1 atom stereocenters. The van der Waals surface area contributed by atoms with Crippen LogP contribution >= 0.6 is 0 Å². The summed E-state index contributed by atoms with van der Waals surface area (Å²) < 4.78 is 5.62. The molecule has 0 radical (unpaired) electrons. The van der Waals surface area contributed by atoms with Crippen LogP contribution in [0.15, 0.2) is 36.5 Å². The molecule has 1 nitrogen and oxygen atoms in total. The van der Waals surface area contributed by atoms with Gasteiger partial charge in [0.15, 0.2) is 0 Å². The summed E-state index contributed by atoms with van der Waals surface area (Å²) in [5.74, 6) is 2.29. The molecule has 1 saturated heterocycles. The number of hydrogen-bond acceptors (Lipinski definition) is 1. The zero-order valence-electron chi connectivity index (χ0n) is 12.1. The first-order valence-electron chi connectivity index (χ1n) is 6.88. The molecule has 19 heavy (non-hydrogen) atoms. The minimum Gasteiger partial charge on any atom is -0.499 e. The van der Waals surface area contributed by atoms with Crippen molar-refractivity contribution in [3.05, 3.63) is 48.6 Å². The van der Waals surface area contributed by atoms with E-state index in [1.807, 2.05) is 24.3 Å². The summed E-state index contributed by atoms with van der Waals surface area (Å²) in [5, 5.41) is 1.39. The van der Waals surface area contributed by atoms with E-state index in [9.17, 15) is 0 Å². The molecule has 0 spiro atoms. The van der Waals surface area contributed by atoms with Gasteiger partial charge in [-0.25, -0.2) is 24.3 Å². The van der Waals surface area contributed by atoms with E-state index in [1.165, 1.54) is 18.1 Å². The van der Waals surface area contributed by atoms with Crippen molar-refractivity contribution in [3.63, 3.8) is 0 Å². The topological polar surface area (TPSA) is 9.23 Å². The minimum atomic E-state index is -0.652. The number of rotatable bonds is 0. The Kier molecular flexibility index (Phi) is 13.6. The molecule has 0 aromatic rings. The molecule has 0 aromatic heterocycles. The van der Waals surface area contributed by atoms with Crippen LogP contribution < -0.4 is 0 Å². The normalized spacial score (nSPS) is 22.2. The summed E-state index contributed by atoms with van der Waals surface area (Å²) in [6.45, 7) is 2.18. The summed E-state index contributed by atoms with van der Waals surface area (Å²) in [5.41, 5.74) is 0. The van der Waals surface area contributed by atoms with E-state index < -0.39 is 14.5 Å². The maximum atomic E-state index is 5.62. The Hall–Kier alpha value is 0.336. The van der Waals surface area contributed by atoms with E-state index in [-0.39, 0.29) is 26.2 Å². The summed E-state index contributed by atoms with van der Waals surface area (Å²) >= 11 is -0.652. The van der Waals surface area contributed by atoms with Crippen LogP contribution in [-0.2, 0) is 30.0 Å². The van der Waals surface area contributed by atoms with Gasteiger partial charge in [0.1, 0.15) is 0 Å². The molecule has 3 aliphatic rings. The molecule has 0 aromatic carbocycles. The molecular formula is C16H23AlOZr. The maximum Gasteiger partial charge on any atom is 2.00 e. The molecule has 2 aliphatic carbocycles. The van der Waals surface area contributed by atoms with Crippen LogP contribution in [0.1, 0.15) is 32.6 Å². The summed E-state index contributed by atoms with van der Waals surface area (Å²) in [4.78, 5) is 0.